The predicted octanol–water partition coefficient (Wildman–Crippen LogP) is 2.93. The van der Waals surface area contributed by atoms with Gasteiger partial charge in [0.25, 0.3) is 5.91 Å². The number of aromatic nitrogens is 1. The fourth-order valence-electron chi connectivity index (χ4n) is 1.54. The van der Waals surface area contributed by atoms with E-state index in [-0.39, 0.29) is 11.3 Å². The number of rotatable bonds is 3. The van der Waals surface area contributed by atoms with Gasteiger partial charge in [0, 0.05) is 16.8 Å². The SMILES string of the molecule is NC(=O)c1cc(Sc2ccc(C(F)(F)F)cn2)ccc1N. The number of pyridine rings is 1. The normalized spacial score (nSPS) is 11.4. The molecule has 0 aliphatic rings. The number of nitrogens with zero attached hydrogens (tertiary/aromatic N) is 1. The van der Waals surface area contributed by atoms with E-state index in [0.29, 0.717) is 9.92 Å². The molecule has 1 aromatic carbocycles. The van der Waals surface area contributed by atoms with Crippen molar-refractivity contribution in [3.05, 3.63) is 47.7 Å². The number of hydrogen-bond donors (Lipinski definition) is 2. The summed E-state index contributed by atoms with van der Waals surface area (Å²) in [5, 5.41) is 0.364. The summed E-state index contributed by atoms with van der Waals surface area (Å²) in [5.74, 6) is -0.671. The Morgan fingerprint density at radius 2 is 1.90 bits per heavy atom. The van der Waals surface area contributed by atoms with E-state index in [2.05, 4.69) is 4.98 Å². The Morgan fingerprint density at radius 1 is 1.19 bits per heavy atom. The Hall–Kier alpha value is -2.22. The summed E-state index contributed by atoms with van der Waals surface area (Å²) < 4.78 is 37.3. The molecule has 1 aromatic heterocycles. The zero-order valence-electron chi connectivity index (χ0n) is 10.5. The molecule has 0 aliphatic carbocycles. The Balaban J connectivity index is 2.22. The molecule has 110 valence electrons. The number of hydrogen-bond acceptors (Lipinski definition) is 4. The minimum atomic E-state index is -4.42. The number of anilines is 1. The monoisotopic (exact) mass is 313 g/mol. The van der Waals surface area contributed by atoms with E-state index in [4.69, 9.17) is 11.5 Å². The molecule has 0 atom stereocenters. The summed E-state index contributed by atoms with van der Waals surface area (Å²) in [6, 6.07) is 6.81. The summed E-state index contributed by atoms with van der Waals surface area (Å²) in [5.41, 5.74) is 10.4. The van der Waals surface area contributed by atoms with Crippen molar-refractivity contribution in [2.45, 2.75) is 16.1 Å². The van der Waals surface area contributed by atoms with Gasteiger partial charge in [-0.1, -0.05) is 11.8 Å². The Labute approximate surface area is 122 Å². The van der Waals surface area contributed by atoms with E-state index in [0.717, 1.165) is 24.0 Å². The number of carbonyl (C=O) groups is 1. The van der Waals surface area contributed by atoms with E-state index in [1.807, 2.05) is 0 Å². The van der Waals surface area contributed by atoms with Crippen LogP contribution in [0.1, 0.15) is 15.9 Å². The lowest BCUT2D eigenvalue weighted by Gasteiger charge is -2.08. The van der Waals surface area contributed by atoms with Gasteiger partial charge in [-0.25, -0.2) is 4.98 Å². The van der Waals surface area contributed by atoms with Crippen molar-refractivity contribution in [1.82, 2.24) is 4.98 Å². The maximum Gasteiger partial charge on any atom is 0.417 e. The number of carbonyl (C=O) groups excluding carboxylic acids is 1. The molecule has 0 saturated carbocycles. The van der Waals surface area contributed by atoms with Crippen LogP contribution in [-0.4, -0.2) is 10.9 Å². The molecule has 0 fully saturated rings. The van der Waals surface area contributed by atoms with Crippen LogP contribution in [0.4, 0.5) is 18.9 Å². The Kier molecular flexibility index (Phi) is 4.08. The molecule has 0 radical (unpaired) electrons. The molecule has 0 spiro atoms. The van der Waals surface area contributed by atoms with Gasteiger partial charge >= 0.3 is 6.18 Å². The van der Waals surface area contributed by atoms with Gasteiger partial charge < -0.3 is 11.5 Å². The fourth-order valence-corrected chi connectivity index (χ4v) is 2.34. The van der Waals surface area contributed by atoms with Crippen molar-refractivity contribution in [2.24, 2.45) is 5.73 Å². The second-order valence-electron chi connectivity index (χ2n) is 4.10. The highest BCUT2D eigenvalue weighted by Crippen LogP contribution is 2.32. The van der Waals surface area contributed by atoms with Gasteiger partial charge in [0.2, 0.25) is 0 Å². The van der Waals surface area contributed by atoms with Crippen LogP contribution in [0.25, 0.3) is 0 Å². The van der Waals surface area contributed by atoms with Gasteiger partial charge in [-0.05, 0) is 30.3 Å². The lowest BCUT2D eigenvalue weighted by molar-refractivity contribution is -0.137. The first kappa shape index (κ1) is 15.2. The Bertz CT molecular complexity index is 671. The highest BCUT2D eigenvalue weighted by atomic mass is 32.2. The van der Waals surface area contributed by atoms with E-state index < -0.39 is 17.6 Å². The second-order valence-corrected chi connectivity index (χ2v) is 5.19. The number of nitrogens with two attached hydrogens (primary N) is 2. The topological polar surface area (TPSA) is 82.0 Å². The van der Waals surface area contributed by atoms with Crippen molar-refractivity contribution >= 4 is 23.4 Å². The van der Waals surface area contributed by atoms with Crippen molar-refractivity contribution in [3.63, 3.8) is 0 Å². The van der Waals surface area contributed by atoms with Crippen molar-refractivity contribution in [2.75, 3.05) is 5.73 Å². The van der Waals surface area contributed by atoms with E-state index >= 15 is 0 Å². The predicted molar refractivity (Wildman–Crippen MR) is 72.7 cm³/mol. The number of benzene rings is 1. The molecule has 8 heteroatoms. The summed E-state index contributed by atoms with van der Waals surface area (Å²) in [4.78, 5) is 15.5. The zero-order valence-corrected chi connectivity index (χ0v) is 11.3. The lowest BCUT2D eigenvalue weighted by Crippen LogP contribution is -2.13. The summed E-state index contributed by atoms with van der Waals surface area (Å²) in [6.45, 7) is 0. The van der Waals surface area contributed by atoms with Crippen LogP contribution >= 0.6 is 11.8 Å². The molecule has 2 rings (SSSR count). The molecule has 0 aliphatic heterocycles. The van der Waals surface area contributed by atoms with Crippen LogP contribution in [0, 0.1) is 0 Å². The first-order valence-electron chi connectivity index (χ1n) is 5.68. The number of amides is 1. The van der Waals surface area contributed by atoms with Gasteiger partial charge in [-0.2, -0.15) is 13.2 Å². The molecule has 0 saturated heterocycles. The van der Waals surface area contributed by atoms with Gasteiger partial charge in [0.1, 0.15) is 5.03 Å². The Morgan fingerprint density at radius 3 is 2.43 bits per heavy atom. The van der Waals surface area contributed by atoms with Crippen LogP contribution in [0.2, 0.25) is 0 Å². The third-order valence-corrected chi connectivity index (χ3v) is 3.52. The highest BCUT2D eigenvalue weighted by molar-refractivity contribution is 7.99. The van der Waals surface area contributed by atoms with Crippen molar-refractivity contribution in [1.29, 1.82) is 0 Å². The third-order valence-electron chi connectivity index (χ3n) is 2.58. The zero-order chi connectivity index (χ0) is 15.6. The fraction of sp³-hybridized carbons (Fsp3) is 0.0769. The van der Waals surface area contributed by atoms with E-state index in [1.165, 1.54) is 18.2 Å². The van der Waals surface area contributed by atoms with Gasteiger partial charge in [-0.15, -0.1) is 0 Å². The average Bonchev–Trinajstić information content (AvgIpc) is 2.40. The van der Waals surface area contributed by atoms with Crippen LogP contribution < -0.4 is 11.5 Å². The van der Waals surface area contributed by atoms with Crippen LogP contribution in [0.5, 0.6) is 0 Å². The first-order valence-corrected chi connectivity index (χ1v) is 6.49. The largest absolute Gasteiger partial charge is 0.417 e. The van der Waals surface area contributed by atoms with Gasteiger partial charge in [0.15, 0.2) is 0 Å². The van der Waals surface area contributed by atoms with Crippen LogP contribution in [-0.2, 0) is 6.18 Å². The molecule has 0 bridgehead atoms. The molecule has 1 heterocycles. The number of alkyl halides is 3. The summed E-state index contributed by atoms with van der Waals surface area (Å²) in [7, 11) is 0. The quantitative estimate of drug-likeness (QED) is 0.854. The number of nitrogen functional groups attached to an aromatic ring is 1. The van der Waals surface area contributed by atoms with Gasteiger partial charge in [-0.3, -0.25) is 4.79 Å². The maximum absolute atomic E-state index is 12.4. The van der Waals surface area contributed by atoms with E-state index in [1.54, 1.807) is 6.07 Å². The van der Waals surface area contributed by atoms with Crippen molar-refractivity contribution < 1.29 is 18.0 Å². The smallest absolute Gasteiger partial charge is 0.398 e. The molecule has 21 heavy (non-hydrogen) atoms. The standard InChI is InChI=1S/C13H10F3N3OS/c14-13(15,16)7-1-4-11(19-6-7)21-8-2-3-10(17)9(5-8)12(18)20/h1-6H,17H2,(H2,18,20). The summed E-state index contributed by atoms with van der Waals surface area (Å²) in [6.07, 6.45) is -3.66. The molecule has 0 unspecified atom stereocenters. The molecule has 1 amide bonds. The molecule has 4 N–H and O–H groups in total. The third kappa shape index (κ3) is 3.66. The van der Waals surface area contributed by atoms with Crippen molar-refractivity contribution in [3.8, 4) is 0 Å². The molecular formula is C13H10F3N3OS. The number of primary amides is 1. The first-order chi connectivity index (χ1) is 9.77. The summed E-state index contributed by atoms with van der Waals surface area (Å²) >= 11 is 1.11. The van der Waals surface area contributed by atoms with E-state index in [9.17, 15) is 18.0 Å². The molecular weight excluding hydrogens is 303 g/mol. The van der Waals surface area contributed by atoms with Crippen LogP contribution in [0.3, 0.4) is 0 Å². The lowest BCUT2D eigenvalue weighted by atomic mass is 10.2. The number of halogens is 3. The second kappa shape index (κ2) is 5.65. The van der Waals surface area contributed by atoms with Crippen LogP contribution in [0.15, 0.2) is 46.5 Å². The highest BCUT2D eigenvalue weighted by Gasteiger charge is 2.30. The average molecular weight is 313 g/mol. The molecule has 2 aromatic rings. The maximum atomic E-state index is 12.4. The van der Waals surface area contributed by atoms with Gasteiger partial charge in [0.05, 0.1) is 11.1 Å². The minimum absolute atomic E-state index is 0.159. The minimum Gasteiger partial charge on any atom is -0.398 e. The molecule has 4 nitrogen and oxygen atoms in total.